The predicted molar refractivity (Wildman–Crippen MR) is 63.7 cm³/mol. The quantitative estimate of drug-likeness (QED) is 0.847. The molecule has 1 heterocycles. The number of rotatable bonds is 5. The van der Waals surface area contributed by atoms with Crippen molar-refractivity contribution in [1.82, 2.24) is 10.1 Å². The molecular formula is C12H12FN3O3. The molecule has 0 spiro atoms. The molecule has 0 radical (unpaired) electrons. The van der Waals surface area contributed by atoms with Gasteiger partial charge in [0.25, 0.3) is 0 Å². The molecule has 19 heavy (non-hydrogen) atoms. The van der Waals surface area contributed by atoms with Gasteiger partial charge in [0.1, 0.15) is 11.7 Å². The molecule has 1 atom stereocenters. The largest absolute Gasteiger partial charge is 0.481 e. The van der Waals surface area contributed by atoms with E-state index in [0.29, 0.717) is 0 Å². The molecule has 0 saturated carbocycles. The van der Waals surface area contributed by atoms with Gasteiger partial charge in [0.05, 0.1) is 5.56 Å². The third kappa shape index (κ3) is 2.76. The number of hydrogen-bond acceptors (Lipinski definition) is 5. The number of aliphatic carboxylic acids is 1. The second kappa shape index (κ2) is 5.57. The van der Waals surface area contributed by atoms with Gasteiger partial charge in [-0.25, -0.2) is 4.39 Å². The number of nitrogens with zero attached hydrogens (tertiary/aromatic N) is 2. The summed E-state index contributed by atoms with van der Waals surface area (Å²) in [5.41, 5.74) is 5.49. The summed E-state index contributed by atoms with van der Waals surface area (Å²) < 4.78 is 18.4. The zero-order chi connectivity index (χ0) is 13.8. The standard InChI is InChI=1S/C12H12FN3O3/c13-9-4-2-1-3-7(9)10-15-11(19-16-10)8(5-6-14)12(17)18/h1-4,8H,5-6,14H2,(H,17,18). The molecule has 1 aromatic carbocycles. The van der Waals surface area contributed by atoms with E-state index >= 15 is 0 Å². The Morgan fingerprint density at radius 1 is 1.47 bits per heavy atom. The Labute approximate surface area is 108 Å². The second-order valence-electron chi connectivity index (χ2n) is 3.90. The topological polar surface area (TPSA) is 102 Å². The van der Waals surface area contributed by atoms with Gasteiger partial charge < -0.3 is 15.4 Å². The number of nitrogens with two attached hydrogens (primary N) is 1. The fourth-order valence-corrected chi connectivity index (χ4v) is 1.65. The number of benzene rings is 1. The van der Waals surface area contributed by atoms with Gasteiger partial charge in [-0.1, -0.05) is 17.3 Å². The molecule has 3 N–H and O–H groups in total. The Balaban J connectivity index is 2.33. The van der Waals surface area contributed by atoms with Crippen LogP contribution in [0.5, 0.6) is 0 Å². The van der Waals surface area contributed by atoms with Crippen LogP contribution in [0.15, 0.2) is 28.8 Å². The van der Waals surface area contributed by atoms with Gasteiger partial charge in [0.2, 0.25) is 11.7 Å². The summed E-state index contributed by atoms with van der Waals surface area (Å²) in [7, 11) is 0. The van der Waals surface area contributed by atoms with E-state index in [1.54, 1.807) is 6.07 Å². The van der Waals surface area contributed by atoms with Gasteiger partial charge in [-0.2, -0.15) is 4.98 Å². The van der Waals surface area contributed by atoms with Crippen LogP contribution in [0, 0.1) is 5.82 Å². The molecule has 0 saturated heterocycles. The maximum atomic E-state index is 13.5. The molecule has 2 aromatic rings. The highest BCUT2D eigenvalue weighted by Gasteiger charge is 2.26. The molecule has 7 heteroatoms. The number of carboxylic acid groups (broad SMARTS) is 1. The van der Waals surface area contributed by atoms with E-state index in [2.05, 4.69) is 10.1 Å². The van der Waals surface area contributed by atoms with Gasteiger partial charge in [-0.05, 0) is 25.1 Å². The van der Waals surface area contributed by atoms with Crippen molar-refractivity contribution in [2.45, 2.75) is 12.3 Å². The highest BCUT2D eigenvalue weighted by molar-refractivity contribution is 5.74. The van der Waals surface area contributed by atoms with Crippen LogP contribution in [-0.4, -0.2) is 27.8 Å². The van der Waals surface area contributed by atoms with Gasteiger partial charge in [-0.3, -0.25) is 4.79 Å². The first-order valence-corrected chi connectivity index (χ1v) is 5.65. The summed E-state index contributed by atoms with van der Waals surface area (Å²) >= 11 is 0. The monoisotopic (exact) mass is 265 g/mol. The molecule has 0 aliphatic carbocycles. The lowest BCUT2D eigenvalue weighted by Crippen LogP contribution is -2.16. The van der Waals surface area contributed by atoms with Crippen molar-refractivity contribution in [2.24, 2.45) is 5.73 Å². The molecule has 1 aromatic heterocycles. The maximum Gasteiger partial charge on any atom is 0.316 e. The van der Waals surface area contributed by atoms with Crippen molar-refractivity contribution in [2.75, 3.05) is 6.54 Å². The third-order valence-electron chi connectivity index (χ3n) is 2.61. The minimum atomic E-state index is -1.10. The van der Waals surface area contributed by atoms with Crippen molar-refractivity contribution in [3.05, 3.63) is 36.0 Å². The molecular weight excluding hydrogens is 253 g/mol. The Kier molecular flexibility index (Phi) is 3.86. The minimum absolute atomic E-state index is 0.0244. The minimum Gasteiger partial charge on any atom is -0.481 e. The molecule has 0 aliphatic heterocycles. The average Bonchev–Trinajstić information content (AvgIpc) is 2.85. The fourth-order valence-electron chi connectivity index (χ4n) is 1.65. The van der Waals surface area contributed by atoms with Gasteiger partial charge in [-0.15, -0.1) is 0 Å². The Bertz CT molecular complexity index is 585. The second-order valence-corrected chi connectivity index (χ2v) is 3.90. The van der Waals surface area contributed by atoms with Crippen molar-refractivity contribution < 1.29 is 18.8 Å². The normalized spacial score (nSPS) is 12.3. The zero-order valence-corrected chi connectivity index (χ0v) is 9.91. The number of aromatic nitrogens is 2. The summed E-state index contributed by atoms with van der Waals surface area (Å²) in [4.78, 5) is 15.0. The fraction of sp³-hybridized carbons (Fsp3) is 0.250. The lowest BCUT2D eigenvalue weighted by molar-refractivity contribution is -0.139. The van der Waals surface area contributed by atoms with E-state index in [0.717, 1.165) is 0 Å². The molecule has 0 amide bonds. The lowest BCUT2D eigenvalue weighted by atomic mass is 10.1. The molecule has 0 fully saturated rings. The smallest absolute Gasteiger partial charge is 0.316 e. The SMILES string of the molecule is NCCC(C(=O)O)c1nc(-c2ccccc2F)no1. The Morgan fingerprint density at radius 2 is 2.21 bits per heavy atom. The molecule has 0 aliphatic rings. The van der Waals surface area contributed by atoms with Crippen LogP contribution in [0.1, 0.15) is 18.2 Å². The van der Waals surface area contributed by atoms with Crippen molar-refractivity contribution in [3.8, 4) is 11.4 Å². The lowest BCUT2D eigenvalue weighted by Gasteiger charge is -2.04. The van der Waals surface area contributed by atoms with E-state index in [9.17, 15) is 9.18 Å². The first kappa shape index (κ1) is 13.2. The van der Waals surface area contributed by atoms with Crippen LogP contribution in [0.25, 0.3) is 11.4 Å². The molecule has 100 valence electrons. The molecule has 6 nitrogen and oxygen atoms in total. The van der Waals surface area contributed by atoms with Crippen LogP contribution in [0.4, 0.5) is 4.39 Å². The summed E-state index contributed by atoms with van der Waals surface area (Å²) in [6.45, 7) is 0.175. The summed E-state index contributed by atoms with van der Waals surface area (Å²) in [6, 6.07) is 5.92. The van der Waals surface area contributed by atoms with E-state index < -0.39 is 17.7 Å². The average molecular weight is 265 g/mol. The summed E-state index contributed by atoms with van der Waals surface area (Å²) in [5, 5.41) is 12.6. The van der Waals surface area contributed by atoms with Gasteiger partial charge in [0.15, 0.2) is 0 Å². The van der Waals surface area contributed by atoms with Gasteiger partial charge in [0, 0.05) is 0 Å². The zero-order valence-electron chi connectivity index (χ0n) is 9.91. The summed E-state index contributed by atoms with van der Waals surface area (Å²) in [5.74, 6) is -2.62. The van der Waals surface area contributed by atoms with Crippen LogP contribution < -0.4 is 5.73 Å². The first-order chi connectivity index (χ1) is 9.13. The van der Waals surface area contributed by atoms with E-state index in [1.807, 2.05) is 0 Å². The van der Waals surface area contributed by atoms with E-state index in [1.165, 1.54) is 18.2 Å². The number of carbonyl (C=O) groups is 1. The maximum absolute atomic E-state index is 13.5. The summed E-state index contributed by atoms with van der Waals surface area (Å²) in [6.07, 6.45) is 0.175. The highest BCUT2D eigenvalue weighted by atomic mass is 19.1. The molecule has 2 rings (SSSR count). The van der Waals surface area contributed by atoms with Gasteiger partial charge >= 0.3 is 5.97 Å². The third-order valence-corrected chi connectivity index (χ3v) is 2.61. The Hall–Kier alpha value is -2.28. The van der Waals surface area contributed by atoms with E-state index in [-0.39, 0.29) is 30.2 Å². The first-order valence-electron chi connectivity index (χ1n) is 5.65. The molecule has 0 bridgehead atoms. The highest BCUT2D eigenvalue weighted by Crippen LogP contribution is 2.23. The van der Waals surface area contributed by atoms with Crippen molar-refractivity contribution >= 4 is 5.97 Å². The van der Waals surface area contributed by atoms with Crippen LogP contribution in [0.2, 0.25) is 0 Å². The molecule has 1 unspecified atom stereocenters. The number of halogens is 1. The number of carboxylic acids is 1. The number of hydrogen-bond donors (Lipinski definition) is 2. The van der Waals surface area contributed by atoms with Crippen LogP contribution in [0.3, 0.4) is 0 Å². The van der Waals surface area contributed by atoms with Crippen molar-refractivity contribution in [1.29, 1.82) is 0 Å². The Morgan fingerprint density at radius 3 is 2.84 bits per heavy atom. The predicted octanol–water partition coefficient (Wildman–Crippen LogP) is 1.39. The van der Waals surface area contributed by atoms with E-state index in [4.69, 9.17) is 15.4 Å². The van der Waals surface area contributed by atoms with Crippen molar-refractivity contribution in [3.63, 3.8) is 0 Å². The van der Waals surface area contributed by atoms with Crippen LogP contribution in [-0.2, 0) is 4.79 Å². The van der Waals surface area contributed by atoms with Crippen LogP contribution >= 0.6 is 0 Å².